The number of nitriles is 1. The van der Waals surface area contributed by atoms with Crippen LogP contribution >= 0.6 is 0 Å². The molecule has 106 valence electrons. The zero-order valence-corrected chi connectivity index (χ0v) is 11.8. The van der Waals surface area contributed by atoms with Crippen LogP contribution in [0.15, 0.2) is 48.5 Å². The van der Waals surface area contributed by atoms with Crippen molar-refractivity contribution >= 4 is 11.6 Å². The number of amides is 1. The van der Waals surface area contributed by atoms with Crippen LogP contribution in [-0.2, 0) is 11.2 Å². The van der Waals surface area contributed by atoms with Gasteiger partial charge in [0, 0.05) is 5.69 Å². The van der Waals surface area contributed by atoms with E-state index in [1.54, 1.807) is 24.3 Å². The fourth-order valence-corrected chi connectivity index (χ4v) is 2.04. The van der Waals surface area contributed by atoms with Crippen molar-refractivity contribution in [3.63, 3.8) is 0 Å². The summed E-state index contributed by atoms with van der Waals surface area (Å²) in [5.41, 5.74) is 8.81. The largest absolute Gasteiger partial charge is 0.399 e. The predicted octanol–water partition coefficient (Wildman–Crippen LogP) is 2.56. The topological polar surface area (TPSA) is 78.9 Å². The van der Waals surface area contributed by atoms with Crippen molar-refractivity contribution in [2.24, 2.45) is 0 Å². The molecule has 0 heterocycles. The summed E-state index contributed by atoms with van der Waals surface area (Å²) in [7, 11) is 0. The zero-order valence-electron chi connectivity index (χ0n) is 11.8. The summed E-state index contributed by atoms with van der Waals surface area (Å²) < 4.78 is 0. The van der Waals surface area contributed by atoms with Gasteiger partial charge in [-0.2, -0.15) is 5.26 Å². The second kappa shape index (κ2) is 6.58. The highest BCUT2D eigenvalue weighted by atomic mass is 16.1. The minimum atomic E-state index is -0.0981. The van der Waals surface area contributed by atoms with Crippen LogP contribution in [0.25, 0.3) is 0 Å². The lowest BCUT2D eigenvalue weighted by Gasteiger charge is -2.14. The highest BCUT2D eigenvalue weighted by molar-refractivity contribution is 5.79. The summed E-state index contributed by atoms with van der Waals surface area (Å²) in [6.07, 6.45) is 0.320. The van der Waals surface area contributed by atoms with Gasteiger partial charge in [-0.25, -0.2) is 0 Å². The first-order chi connectivity index (χ1) is 10.1. The number of benzene rings is 2. The van der Waals surface area contributed by atoms with Gasteiger partial charge >= 0.3 is 0 Å². The first-order valence-corrected chi connectivity index (χ1v) is 6.72. The van der Waals surface area contributed by atoms with Crippen LogP contribution in [0.2, 0.25) is 0 Å². The average molecular weight is 279 g/mol. The summed E-state index contributed by atoms with van der Waals surface area (Å²) in [6, 6.07) is 16.4. The Kier molecular flexibility index (Phi) is 4.57. The third-order valence-electron chi connectivity index (χ3n) is 3.26. The van der Waals surface area contributed by atoms with E-state index in [0.717, 1.165) is 11.1 Å². The van der Waals surface area contributed by atoms with E-state index in [0.29, 0.717) is 17.7 Å². The molecule has 0 saturated carbocycles. The fourth-order valence-electron chi connectivity index (χ4n) is 2.04. The van der Waals surface area contributed by atoms with E-state index in [2.05, 4.69) is 11.4 Å². The molecule has 0 aliphatic carbocycles. The van der Waals surface area contributed by atoms with Crippen molar-refractivity contribution in [1.29, 1.82) is 5.26 Å². The maximum Gasteiger partial charge on any atom is 0.224 e. The molecule has 4 heteroatoms. The summed E-state index contributed by atoms with van der Waals surface area (Å²) in [6.45, 7) is 1.92. The number of hydrogen-bond acceptors (Lipinski definition) is 3. The van der Waals surface area contributed by atoms with Crippen LogP contribution in [-0.4, -0.2) is 5.91 Å². The minimum absolute atomic E-state index is 0.0448. The lowest BCUT2D eigenvalue weighted by Crippen LogP contribution is -2.28. The quantitative estimate of drug-likeness (QED) is 0.844. The standard InChI is InChI=1S/C17H17N3O/c1-12(15-6-2-14(11-18)3-7-15)20-17(21)10-13-4-8-16(19)9-5-13/h2-9,12H,10,19H2,1H3,(H,20,21). The Balaban J connectivity index is 1.95. The van der Waals surface area contributed by atoms with Gasteiger partial charge in [-0.3, -0.25) is 4.79 Å². The van der Waals surface area contributed by atoms with E-state index in [4.69, 9.17) is 11.0 Å². The second-order valence-electron chi connectivity index (χ2n) is 4.94. The molecule has 4 nitrogen and oxygen atoms in total. The van der Waals surface area contributed by atoms with Gasteiger partial charge in [0.05, 0.1) is 24.1 Å². The maximum absolute atomic E-state index is 12.0. The van der Waals surface area contributed by atoms with Crippen LogP contribution < -0.4 is 11.1 Å². The van der Waals surface area contributed by atoms with Crippen molar-refractivity contribution in [3.8, 4) is 6.07 Å². The van der Waals surface area contributed by atoms with E-state index in [9.17, 15) is 4.79 Å². The van der Waals surface area contributed by atoms with Crippen LogP contribution in [0.3, 0.4) is 0 Å². The monoisotopic (exact) mass is 279 g/mol. The molecule has 3 N–H and O–H groups in total. The van der Waals surface area contributed by atoms with Gasteiger partial charge in [-0.15, -0.1) is 0 Å². The number of nitrogens with one attached hydrogen (secondary N) is 1. The molecular formula is C17H17N3O. The SMILES string of the molecule is CC(NC(=O)Cc1ccc(N)cc1)c1ccc(C#N)cc1. The number of anilines is 1. The molecule has 0 saturated heterocycles. The van der Waals surface area contributed by atoms with Crippen molar-refractivity contribution < 1.29 is 4.79 Å². The van der Waals surface area contributed by atoms with Gasteiger partial charge in [-0.1, -0.05) is 24.3 Å². The number of nitrogens with zero attached hydrogens (tertiary/aromatic N) is 1. The lowest BCUT2D eigenvalue weighted by atomic mass is 10.1. The number of carbonyl (C=O) groups excluding carboxylic acids is 1. The van der Waals surface area contributed by atoms with E-state index in [-0.39, 0.29) is 11.9 Å². The van der Waals surface area contributed by atoms with Gasteiger partial charge in [0.1, 0.15) is 0 Å². The lowest BCUT2D eigenvalue weighted by molar-refractivity contribution is -0.121. The second-order valence-corrected chi connectivity index (χ2v) is 4.94. The number of nitrogens with two attached hydrogens (primary N) is 1. The van der Waals surface area contributed by atoms with E-state index >= 15 is 0 Å². The van der Waals surface area contributed by atoms with Crippen molar-refractivity contribution in [2.75, 3.05) is 5.73 Å². The molecule has 2 rings (SSSR count). The normalized spacial score (nSPS) is 11.4. The Morgan fingerprint density at radius 3 is 2.38 bits per heavy atom. The maximum atomic E-state index is 12.0. The zero-order chi connectivity index (χ0) is 15.2. The first kappa shape index (κ1) is 14.6. The smallest absolute Gasteiger partial charge is 0.224 e. The molecule has 2 aromatic carbocycles. The molecule has 1 atom stereocenters. The number of hydrogen-bond donors (Lipinski definition) is 2. The van der Waals surface area contributed by atoms with Gasteiger partial charge in [0.2, 0.25) is 5.91 Å². The minimum Gasteiger partial charge on any atom is -0.399 e. The molecular weight excluding hydrogens is 262 g/mol. The van der Waals surface area contributed by atoms with Gasteiger partial charge in [-0.05, 0) is 42.3 Å². The average Bonchev–Trinajstić information content (AvgIpc) is 2.49. The molecule has 0 aliphatic heterocycles. The summed E-state index contributed by atoms with van der Waals surface area (Å²) in [5.74, 6) is -0.0448. The summed E-state index contributed by atoms with van der Waals surface area (Å²) >= 11 is 0. The van der Waals surface area contributed by atoms with Crippen LogP contribution in [0.4, 0.5) is 5.69 Å². The molecule has 0 spiro atoms. The number of carbonyl (C=O) groups is 1. The number of nitrogen functional groups attached to an aromatic ring is 1. The summed E-state index contributed by atoms with van der Waals surface area (Å²) in [4.78, 5) is 12.0. The van der Waals surface area contributed by atoms with E-state index in [1.807, 2.05) is 31.2 Å². The predicted molar refractivity (Wildman–Crippen MR) is 82.3 cm³/mol. The molecule has 21 heavy (non-hydrogen) atoms. The molecule has 0 fully saturated rings. The van der Waals surface area contributed by atoms with Gasteiger partial charge in [0.15, 0.2) is 0 Å². The Bertz CT molecular complexity index is 654. The molecule has 2 aromatic rings. The molecule has 1 amide bonds. The highest BCUT2D eigenvalue weighted by Crippen LogP contribution is 2.13. The first-order valence-electron chi connectivity index (χ1n) is 6.72. The Morgan fingerprint density at radius 1 is 1.19 bits per heavy atom. The van der Waals surface area contributed by atoms with Gasteiger partial charge < -0.3 is 11.1 Å². The molecule has 0 bridgehead atoms. The fraction of sp³-hybridized carbons (Fsp3) is 0.176. The van der Waals surface area contributed by atoms with Crippen LogP contribution in [0.1, 0.15) is 29.7 Å². The van der Waals surface area contributed by atoms with Crippen molar-refractivity contribution in [3.05, 3.63) is 65.2 Å². The van der Waals surface area contributed by atoms with Gasteiger partial charge in [0.25, 0.3) is 0 Å². The number of rotatable bonds is 4. The highest BCUT2D eigenvalue weighted by Gasteiger charge is 2.10. The van der Waals surface area contributed by atoms with Crippen LogP contribution in [0.5, 0.6) is 0 Å². The van der Waals surface area contributed by atoms with E-state index in [1.165, 1.54) is 0 Å². The molecule has 0 radical (unpaired) electrons. The Labute approximate surface area is 124 Å². The Morgan fingerprint density at radius 2 is 1.81 bits per heavy atom. The molecule has 1 unspecified atom stereocenters. The van der Waals surface area contributed by atoms with E-state index < -0.39 is 0 Å². The molecule has 0 aromatic heterocycles. The van der Waals surface area contributed by atoms with Crippen LogP contribution in [0, 0.1) is 11.3 Å². The Hall–Kier alpha value is -2.80. The third kappa shape index (κ3) is 4.08. The van der Waals surface area contributed by atoms with Crippen molar-refractivity contribution in [1.82, 2.24) is 5.32 Å². The third-order valence-corrected chi connectivity index (χ3v) is 3.26. The van der Waals surface area contributed by atoms with Crippen molar-refractivity contribution in [2.45, 2.75) is 19.4 Å². The molecule has 0 aliphatic rings. The summed E-state index contributed by atoms with van der Waals surface area (Å²) in [5, 5.41) is 11.7.